The van der Waals surface area contributed by atoms with Crippen molar-refractivity contribution >= 4 is 28.2 Å². The van der Waals surface area contributed by atoms with Crippen molar-refractivity contribution in [2.45, 2.75) is 42.1 Å². The van der Waals surface area contributed by atoms with Crippen LogP contribution >= 0.6 is 12.4 Å². The first kappa shape index (κ1) is 22.0. The van der Waals surface area contributed by atoms with Gasteiger partial charge < -0.3 is 10.6 Å². The fourth-order valence-corrected chi connectivity index (χ4v) is 5.01. The van der Waals surface area contributed by atoms with E-state index in [1.54, 1.807) is 0 Å². The minimum absolute atomic E-state index is 0. The van der Waals surface area contributed by atoms with Crippen molar-refractivity contribution in [3.63, 3.8) is 0 Å². The Bertz CT molecular complexity index is 808. The van der Waals surface area contributed by atoms with E-state index in [-0.39, 0.29) is 30.8 Å². The number of halogens is 4. The van der Waals surface area contributed by atoms with Crippen LogP contribution < -0.4 is 10.6 Å². The van der Waals surface area contributed by atoms with E-state index in [0.717, 1.165) is 12.3 Å². The second kappa shape index (κ2) is 7.60. The molecule has 0 bridgehead atoms. The zero-order valence-electron chi connectivity index (χ0n) is 14.7. The normalized spacial score (nSPS) is 24.6. The van der Waals surface area contributed by atoms with E-state index >= 15 is 0 Å². The summed E-state index contributed by atoms with van der Waals surface area (Å²) in [6, 6.07) is 4.83. The van der Waals surface area contributed by atoms with Crippen LogP contribution in [0.15, 0.2) is 24.3 Å². The van der Waals surface area contributed by atoms with Gasteiger partial charge in [-0.25, -0.2) is 8.42 Å². The van der Waals surface area contributed by atoms with Crippen LogP contribution in [0, 0.1) is 0 Å². The van der Waals surface area contributed by atoms with Crippen molar-refractivity contribution in [2.75, 3.05) is 19.3 Å². The van der Waals surface area contributed by atoms with E-state index in [1.165, 1.54) is 18.2 Å². The SMILES string of the molecule is CS(=O)(=O)C1(C(=O)NC2CC2c2ccccc2C(F)(F)F)CCNCC1.Cl. The monoisotopic (exact) mass is 426 g/mol. The van der Waals surface area contributed by atoms with Crippen LogP contribution in [0.4, 0.5) is 13.2 Å². The highest BCUT2D eigenvalue weighted by atomic mass is 35.5. The molecule has 1 aliphatic carbocycles. The lowest BCUT2D eigenvalue weighted by molar-refractivity contribution is -0.138. The van der Waals surface area contributed by atoms with E-state index in [0.29, 0.717) is 19.5 Å². The number of alkyl halides is 3. The summed E-state index contributed by atoms with van der Waals surface area (Å²) >= 11 is 0. The number of sulfone groups is 1. The lowest BCUT2D eigenvalue weighted by Crippen LogP contribution is -2.57. The maximum Gasteiger partial charge on any atom is 0.416 e. The van der Waals surface area contributed by atoms with Gasteiger partial charge in [-0.1, -0.05) is 18.2 Å². The summed E-state index contributed by atoms with van der Waals surface area (Å²) in [6.45, 7) is 0.816. The highest BCUT2D eigenvalue weighted by molar-refractivity contribution is 7.92. The first-order valence-electron chi connectivity index (χ1n) is 8.44. The fourth-order valence-electron chi connectivity index (χ4n) is 3.67. The van der Waals surface area contributed by atoms with Gasteiger partial charge in [-0.05, 0) is 44.0 Å². The summed E-state index contributed by atoms with van der Waals surface area (Å²) < 4.78 is 62.5. The summed E-state index contributed by atoms with van der Waals surface area (Å²) in [5, 5.41) is 5.71. The van der Waals surface area contributed by atoms with Crippen LogP contribution in [0.2, 0.25) is 0 Å². The molecule has 0 radical (unpaired) electrons. The second-order valence-corrected chi connectivity index (χ2v) is 9.35. The Morgan fingerprint density at radius 3 is 2.37 bits per heavy atom. The van der Waals surface area contributed by atoms with Gasteiger partial charge in [0, 0.05) is 18.2 Å². The first-order chi connectivity index (χ1) is 12.1. The molecule has 1 aromatic rings. The second-order valence-electron chi connectivity index (χ2n) is 7.02. The third kappa shape index (κ3) is 4.25. The average Bonchev–Trinajstić information content (AvgIpc) is 3.32. The van der Waals surface area contributed by atoms with Gasteiger partial charge in [-0.3, -0.25) is 4.79 Å². The smallest absolute Gasteiger partial charge is 0.351 e. The molecule has 1 amide bonds. The Kier molecular flexibility index (Phi) is 6.18. The molecule has 5 nitrogen and oxygen atoms in total. The molecule has 2 fully saturated rings. The van der Waals surface area contributed by atoms with Gasteiger partial charge in [0.25, 0.3) is 0 Å². The van der Waals surface area contributed by atoms with Crippen LogP contribution in [0.3, 0.4) is 0 Å². The van der Waals surface area contributed by atoms with Gasteiger partial charge in [0.05, 0.1) is 5.56 Å². The van der Waals surface area contributed by atoms with Crippen LogP contribution in [-0.4, -0.2) is 44.5 Å². The Hall–Kier alpha value is -1.32. The van der Waals surface area contributed by atoms with Crippen LogP contribution in [0.5, 0.6) is 0 Å². The number of amides is 1. The molecule has 1 aliphatic heterocycles. The van der Waals surface area contributed by atoms with E-state index in [9.17, 15) is 26.4 Å². The van der Waals surface area contributed by atoms with Gasteiger partial charge in [-0.2, -0.15) is 13.2 Å². The highest BCUT2D eigenvalue weighted by Crippen LogP contribution is 2.46. The lowest BCUT2D eigenvalue weighted by atomic mass is 9.95. The third-order valence-electron chi connectivity index (χ3n) is 5.31. The molecule has 10 heteroatoms. The molecular weight excluding hydrogens is 405 g/mol. The van der Waals surface area contributed by atoms with E-state index in [4.69, 9.17) is 0 Å². The Morgan fingerprint density at radius 2 is 1.81 bits per heavy atom. The summed E-state index contributed by atoms with van der Waals surface area (Å²) in [6.07, 6.45) is -2.72. The fraction of sp³-hybridized carbons (Fsp3) is 0.588. The Labute approximate surface area is 162 Å². The van der Waals surface area contributed by atoms with Crippen molar-refractivity contribution in [3.05, 3.63) is 35.4 Å². The maximum absolute atomic E-state index is 13.2. The van der Waals surface area contributed by atoms with Gasteiger partial charge in [-0.15, -0.1) is 12.4 Å². The zero-order valence-corrected chi connectivity index (χ0v) is 16.3. The molecule has 0 spiro atoms. The molecular formula is C17H22ClF3N2O3S. The predicted octanol–water partition coefficient (Wildman–Crippen LogP) is 2.27. The number of nitrogens with one attached hydrogen (secondary N) is 2. The molecule has 27 heavy (non-hydrogen) atoms. The van der Waals surface area contributed by atoms with Gasteiger partial charge in [0.2, 0.25) is 5.91 Å². The number of benzene rings is 1. The Morgan fingerprint density at radius 1 is 1.22 bits per heavy atom. The van der Waals surface area contributed by atoms with Crippen LogP contribution in [-0.2, 0) is 20.8 Å². The predicted molar refractivity (Wildman–Crippen MR) is 97.7 cm³/mol. The molecule has 0 aromatic heterocycles. The molecule has 2 atom stereocenters. The summed E-state index contributed by atoms with van der Waals surface area (Å²) in [5.41, 5.74) is -0.564. The minimum Gasteiger partial charge on any atom is -0.351 e. The maximum atomic E-state index is 13.2. The molecule has 2 unspecified atom stereocenters. The standard InChI is InChI=1S/C17H21F3N2O3S.ClH/c1-26(24,25)16(6-8-21-9-7-16)15(23)22-14-10-12(14)11-4-2-3-5-13(11)17(18,19)20;/h2-5,12,14,21H,6-10H2,1H3,(H,22,23);1H. The largest absolute Gasteiger partial charge is 0.416 e. The van der Waals surface area contributed by atoms with Gasteiger partial charge >= 0.3 is 6.18 Å². The molecule has 1 aromatic carbocycles. The summed E-state index contributed by atoms with van der Waals surface area (Å²) in [5.74, 6) is -1.05. The summed E-state index contributed by atoms with van der Waals surface area (Å²) in [7, 11) is -3.65. The van der Waals surface area contributed by atoms with Crippen LogP contribution in [0.1, 0.15) is 36.3 Å². The molecule has 1 heterocycles. The highest BCUT2D eigenvalue weighted by Gasteiger charge is 2.52. The van der Waals surface area contributed by atoms with E-state index < -0.39 is 44.2 Å². The van der Waals surface area contributed by atoms with E-state index in [2.05, 4.69) is 10.6 Å². The van der Waals surface area contributed by atoms with Crippen molar-refractivity contribution in [2.24, 2.45) is 0 Å². The average molecular weight is 427 g/mol. The number of hydrogen-bond acceptors (Lipinski definition) is 4. The molecule has 2 N–H and O–H groups in total. The molecule has 2 aliphatic rings. The van der Waals surface area contributed by atoms with Crippen molar-refractivity contribution in [1.29, 1.82) is 0 Å². The van der Waals surface area contributed by atoms with E-state index in [1.807, 2.05) is 0 Å². The number of piperidine rings is 1. The lowest BCUT2D eigenvalue weighted by Gasteiger charge is -2.34. The molecule has 1 saturated carbocycles. The van der Waals surface area contributed by atoms with Crippen molar-refractivity contribution < 1.29 is 26.4 Å². The topological polar surface area (TPSA) is 75.3 Å². The van der Waals surface area contributed by atoms with Crippen LogP contribution in [0.25, 0.3) is 0 Å². The molecule has 3 rings (SSSR count). The van der Waals surface area contributed by atoms with Crippen molar-refractivity contribution in [1.82, 2.24) is 10.6 Å². The first-order valence-corrected chi connectivity index (χ1v) is 10.3. The van der Waals surface area contributed by atoms with Gasteiger partial charge in [0.1, 0.15) is 0 Å². The number of rotatable bonds is 4. The van der Waals surface area contributed by atoms with Crippen molar-refractivity contribution in [3.8, 4) is 0 Å². The summed E-state index contributed by atoms with van der Waals surface area (Å²) in [4.78, 5) is 12.7. The number of hydrogen-bond donors (Lipinski definition) is 2. The number of carbonyl (C=O) groups excluding carboxylic acids is 1. The molecule has 152 valence electrons. The minimum atomic E-state index is -4.46. The quantitative estimate of drug-likeness (QED) is 0.774. The number of carbonyl (C=O) groups is 1. The van der Waals surface area contributed by atoms with Gasteiger partial charge in [0.15, 0.2) is 14.6 Å². The zero-order chi connectivity index (χ0) is 19.2. The molecule has 1 saturated heterocycles. The third-order valence-corrected chi connectivity index (χ3v) is 7.32. The Balaban J connectivity index is 0.00000261.